The maximum absolute atomic E-state index is 13.7. The molecule has 3 aromatic carbocycles. The Bertz CT molecular complexity index is 1330. The number of nitrogens with one attached hydrogen (secondary N) is 1. The molecule has 0 bridgehead atoms. The number of carbonyl (C=O) groups excluding carboxylic acids is 2. The van der Waals surface area contributed by atoms with Crippen LogP contribution in [0.3, 0.4) is 0 Å². The van der Waals surface area contributed by atoms with E-state index < -0.39 is 28.5 Å². The summed E-state index contributed by atoms with van der Waals surface area (Å²) in [6, 6.07) is 19.5. The predicted molar refractivity (Wildman–Crippen MR) is 142 cm³/mol. The second-order valence-corrected chi connectivity index (χ2v) is 10.9. The lowest BCUT2D eigenvalue weighted by atomic mass is 10.1. The van der Waals surface area contributed by atoms with Crippen LogP contribution in [0.25, 0.3) is 0 Å². The third kappa shape index (κ3) is 6.44. The van der Waals surface area contributed by atoms with Gasteiger partial charge in [-0.1, -0.05) is 65.2 Å². The number of hydrogen-bond acceptors (Lipinski definition) is 4. The van der Waals surface area contributed by atoms with E-state index >= 15 is 0 Å². The molecule has 0 saturated carbocycles. The lowest BCUT2D eigenvalue weighted by Crippen LogP contribution is -2.50. The molecule has 0 aliphatic rings. The number of likely N-dealkylation sites (N-methyl/N-ethyl adjacent to an activating group) is 1. The molecule has 9 heteroatoms. The van der Waals surface area contributed by atoms with Crippen molar-refractivity contribution >= 4 is 39.1 Å². The van der Waals surface area contributed by atoms with Crippen LogP contribution in [0, 0.1) is 13.8 Å². The number of rotatable bonds is 9. The minimum Gasteiger partial charge on any atom is -0.357 e. The fraction of sp³-hybridized carbons (Fsp3) is 0.259. The first-order valence-corrected chi connectivity index (χ1v) is 13.3. The molecule has 190 valence electrons. The second-order valence-electron chi connectivity index (χ2n) is 8.60. The van der Waals surface area contributed by atoms with Crippen molar-refractivity contribution in [1.29, 1.82) is 0 Å². The summed E-state index contributed by atoms with van der Waals surface area (Å²) >= 11 is 6.17. The van der Waals surface area contributed by atoms with Gasteiger partial charge in [-0.05, 0) is 56.7 Å². The van der Waals surface area contributed by atoms with Gasteiger partial charge in [0.15, 0.2) is 0 Å². The van der Waals surface area contributed by atoms with E-state index in [1.807, 2.05) is 38.1 Å². The van der Waals surface area contributed by atoms with Gasteiger partial charge >= 0.3 is 0 Å². The molecule has 36 heavy (non-hydrogen) atoms. The molecular formula is C27H30ClN3O4S. The molecule has 0 saturated heterocycles. The lowest BCUT2D eigenvalue weighted by molar-refractivity contribution is -0.139. The van der Waals surface area contributed by atoms with Crippen LogP contribution in [0.2, 0.25) is 5.02 Å². The summed E-state index contributed by atoms with van der Waals surface area (Å²) in [6.45, 7) is 5.06. The quantitative estimate of drug-likeness (QED) is 0.449. The van der Waals surface area contributed by atoms with Crippen LogP contribution in [0.1, 0.15) is 23.6 Å². The number of halogens is 1. The minimum atomic E-state index is -4.12. The molecule has 1 N–H and O–H groups in total. The Labute approximate surface area is 217 Å². The Morgan fingerprint density at radius 1 is 0.944 bits per heavy atom. The monoisotopic (exact) mass is 527 g/mol. The number of aryl methyl sites for hydroxylation is 2. The third-order valence-electron chi connectivity index (χ3n) is 5.87. The summed E-state index contributed by atoms with van der Waals surface area (Å²) in [4.78, 5) is 27.6. The van der Waals surface area contributed by atoms with Crippen molar-refractivity contribution in [3.05, 3.63) is 94.5 Å². The van der Waals surface area contributed by atoms with E-state index in [2.05, 4.69) is 5.32 Å². The standard InChI is InChI=1S/C27H30ClN3O4S/c1-19-8-12-22(13-9-19)17-30(21(3)27(33)29-4)26(32)18-31(24-7-5-6-23(28)16-24)36(34,35)25-14-10-20(2)11-15-25/h5-16,21H,17-18H2,1-4H3,(H,29,33). The Hall–Kier alpha value is -3.36. The van der Waals surface area contributed by atoms with E-state index in [-0.39, 0.29) is 23.0 Å². The molecule has 1 atom stereocenters. The van der Waals surface area contributed by atoms with Gasteiger partial charge in [-0.3, -0.25) is 13.9 Å². The van der Waals surface area contributed by atoms with Crippen LogP contribution in [-0.2, 0) is 26.2 Å². The van der Waals surface area contributed by atoms with Gasteiger partial charge in [-0.15, -0.1) is 0 Å². The third-order valence-corrected chi connectivity index (χ3v) is 7.89. The Balaban J connectivity index is 2.02. The van der Waals surface area contributed by atoms with Gasteiger partial charge in [0.1, 0.15) is 12.6 Å². The topological polar surface area (TPSA) is 86.8 Å². The first kappa shape index (κ1) is 27.2. The van der Waals surface area contributed by atoms with Crippen LogP contribution < -0.4 is 9.62 Å². The lowest BCUT2D eigenvalue weighted by Gasteiger charge is -2.31. The summed E-state index contributed by atoms with van der Waals surface area (Å²) in [7, 11) is -2.63. The molecular weight excluding hydrogens is 498 g/mol. The van der Waals surface area contributed by atoms with Crippen molar-refractivity contribution in [2.24, 2.45) is 0 Å². The molecule has 3 aromatic rings. The molecule has 2 amide bonds. The van der Waals surface area contributed by atoms with Gasteiger partial charge in [0.25, 0.3) is 10.0 Å². The summed E-state index contributed by atoms with van der Waals surface area (Å²) < 4.78 is 28.4. The second kappa shape index (κ2) is 11.6. The Morgan fingerprint density at radius 2 is 1.53 bits per heavy atom. The van der Waals surface area contributed by atoms with Crippen LogP contribution in [0.5, 0.6) is 0 Å². The number of hydrogen-bond donors (Lipinski definition) is 1. The van der Waals surface area contributed by atoms with Gasteiger partial charge < -0.3 is 10.2 Å². The fourth-order valence-corrected chi connectivity index (χ4v) is 5.27. The van der Waals surface area contributed by atoms with Crippen molar-refractivity contribution in [3.63, 3.8) is 0 Å². The van der Waals surface area contributed by atoms with Crippen LogP contribution in [0.4, 0.5) is 5.69 Å². The smallest absolute Gasteiger partial charge is 0.264 e. The van der Waals surface area contributed by atoms with E-state index in [9.17, 15) is 18.0 Å². The minimum absolute atomic E-state index is 0.0466. The zero-order valence-corrected chi connectivity index (χ0v) is 22.3. The van der Waals surface area contributed by atoms with Gasteiger partial charge in [0.2, 0.25) is 11.8 Å². The highest BCUT2D eigenvalue weighted by Crippen LogP contribution is 2.27. The van der Waals surface area contributed by atoms with Crippen LogP contribution >= 0.6 is 11.6 Å². The summed E-state index contributed by atoms with van der Waals surface area (Å²) in [5, 5.41) is 2.90. The van der Waals surface area contributed by atoms with Gasteiger partial charge in [0.05, 0.1) is 10.6 Å². The number of benzene rings is 3. The first-order chi connectivity index (χ1) is 17.0. The summed E-state index contributed by atoms with van der Waals surface area (Å²) in [5.74, 6) is -0.881. The largest absolute Gasteiger partial charge is 0.357 e. The van der Waals surface area contributed by atoms with Crippen LogP contribution in [0.15, 0.2) is 77.7 Å². The molecule has 0 radical (unpaired) electrons. The zero-order chi connectivity index (χ0) is 26.5. The molecule has 1 unspecified atom stereocenters. The van der Waals surface area contributed by atoms with E-state index in [0.29, 0.717) is 5.02 Å². The highest BCUT2D eigenvalue weighted by atomic mass is 35.5. The molecule has 7 nitrogen and oxygen atoms in total. The number of anilines is 1. The molecule has 0 spiro atoms. The molecule has 0 aliphatic heterocycles. The maximum atomic E-state index is 13.7. The van der Waals surface area contributed by atoms with Gasteiger partial charge in [0, 0.05) is 18.6 Å². The van der Waals surface area contributed by atoms with E-state index in [1.165, 1.54) is 30.1 Å². The molecule has 0 fully saturated rings. The SMILES string of the molecule is CNC(=O)C(C)N(Cc1ccc(C)cc1)C(=O)CN(c1cccc(Cl)c1)S(=O)(=O)c1ccc(C)cc1. The zero-order valence-electron chi connectivity index (χ0n) is 20.7. The molecule has 0 heterocycles. The van der Waals surface area contributed by atoms with Gasteiger partial charge in [-0.2, -0.15) is 0 Å². The Morgan fingerprint density at radius 3 is 2.08 bits per heavy atom. The molecule has 0 aliphatic carbocycles. The first-order valence-electron chi connectivity index (χ1n) is 11.4. The predicted octanol–water partition coefficient (Wildman–Crippen LogP) is 4.32. The van der Waals surface area contributed by atoms with Crippen LogP contribution in [-0.4, -0.2) is 44.8 Å². The van der Waals surface area contributed by atoms with Crippen molar-refractivity contribution in [2.45, 2.75) is 38.3 Å². The van der Waals surface area contributed by atoms with E-state index in [1.54, 1.807) is 37.3 Å². The van der Waals surface area contributed by atoms with Crippen molar-refractivity contribution in [1.82, 2.24) is 10.2 Å². The highest BCUT2D eigenvalue weighted by Gasteiger charge is 2.32. The van der Waals surface area contributed by atoms with Crippen molar-refractivity contribution in [3.8, 4) is 0 Å². The normalized spacial score (nSPS) is 12.0. The molecule has 0 aromatic heterocycles. The van der Waals surface area contributed by atoms with E-state index in [4.69, 9.17) is 11.6 Å². The molecule has 3 rings (SSSR count). The fourth-order valence-electron chi connectivity index (χ4n) is 3.68. The average molecular weight is 528 g/mol. The number of sulfonamides is 1. The number of carbonyl (C=O) groups is 2. The summed E-state index contributed by atoms with van der Waals surface area (Å²) in [6.07, 6.45) is 0. The van der Waals surface area contributed by atoms with Gasteiger partial charge in [-0.25, -0.2) is 8.42 Å². The van der Waals surface area contributed by atoms with E-state index in [0.717, 1.165) is 21.0 Å². The maximum Gasteiger partial charge on any atom is 0.264 e. The number of amides is 2. The summed E-state index contributed by atoms with van der Waals surface area (Å²) in [5.41, 5.74) is 3.04. The average Bonchev–Trinajstić information content (AvgIpc) is 2.86. The number of nitrogens with zero attached hydrogens (tertiary/aromatic N) is 2. The Kier molecular flexibility index (Phi) is 8.76. The van der Waals surface area contributed by atoms with Crippen molar-refractivity contribution < 1.29 is 18.0 Å². The highest BCUT2D eigenvalue weighted by molar-refractivity contribution is 7.92. The van der Waals surface area contributed by atoms with Crippen molar-refractivity contribution in [2.75, 3.05) is 17.9 Å².